The van der Waals surface area contributed by atoms with Gasteiger partial charge in [0.2, 0.25) is 10.0 Å². The lowest BCUT2D eigenvalue weighted by molar-refractivity contribution is 0.254. The average molecular weight is 348 g/mol. The summed E-state index contributed by atoms with van der Waals surface area (Å²) in [5.41, 5.74) is 0.254. The lowest BCUT2D eigenvalue weighted by Gasteiger charge is -2.28. The van der Waals surface area contributed by atoms with Gasteiger partial charge in [-0.15, -0.1) is 0 Å². The fraction of sp³-hybridized carbons (Fsp3) is 0.600. The van der Waals surface area contributed by atoms with Crippen LogP contribution in [0.5, 0.6) is 0 Å². The van der Waals surface area contributed by atoms with E-state index in [4.69, 9.17) is 0 Å². The molecule has 2 aliphatic rings. The van der Waals surface area contributed by atoms with Gasteiger partial charge in [-0.2, -0.15) is 0 Å². The number of sulfonamides is 1. The normalized spacial score (nSPS) is 25.9. The van der Waals surface area contributed by atoms with Crippen LogP contribution in [-0.2, 0) is 10.0 Å². The van der Waals surface area contributed by atoms with Crippen molar-refractivity contribution in [3.8, 4) is 0 Å². The van der Waals surface area contributed by atoms with Crippen LogP contribution in [0.2, 0.25) is 0 Å². The molecule has 1 aromatic rings. The standard InChI is InChI=1S/C15H19F3N2O2S/c1-2-20-6-5-13(19-23(21,22)10-3-4-10)15(20)9-7-11(16)14(18)12(17)8-9/h7-8,10,13,15,19H,2-6H2,1H3. The zero-order valence-electron chi connectivity index (χ0n) is 12.7. The Hall–Kier alpha value is -1.12. The SMILES string of the molecule is CCN1CCC(NS(=O)(=O)C2CC2)C1c1cc(F)c(F)c(F)c1. The van der Waals surface area contributed by atoms with Crippen LogP contribution < -0.4 is 4.72 Å². The quantitative estimate of drug-likeness (QED) is 0.831. The van der Waals surface area contributed by atoms with E-state index in [-0.39, 0.29) is 10.8 Å². The second-order valence-electron chi connectivity index (χ2n) is 6.13. The van der Waals surface area contributed by atoms with Crippen molar-refractivity contribution >= 4 is 10.0 Å². The van der Waals surface area contributed by atoms with Crippen molar-refractivity contribution in [2.75, 3.05) is 13.1 Å². The van der Waals surface area contributed by atoms with Crippen LogP contribution in [-0.4, -0.2) is 37.7 Å². The van der Waals surface area contributed by atoms with E-state index in [1.165, 1.54) is 0 Å². The summed E-state index contributed by atoms with van der Waals surface area (Å²) in [5.74, 6) is -4.02. The van der Waals surface area contributed by atoms with E-state index in [9.17, 15) is 21.6 Å². The van der Waals surface area contributed by atoms with Crippen LogP contribution in [0.1, 0.15) is 37.8 Å². The number of hydrogen-bond acceptors (Lipinski definition) is 3. The number of halogens is 3. The molecule has 1 N–H and O–H groups in total. The molecule has 1 heterocycles. The molecule has 0 spiro atoms. The van der Waals surface area contributed by atoms with Gasteiger partial charge in [0.25, 0.3) is 0 Å². The highest BCUT2D eigenvalue weighted by atomic mass is 32.2. The van der Waals surface area contributed by atoms with Gasteiger partial charge in [0.1, 0.15) is 0 Å². The van der Waals surface area contributed by atoms with E-state index < -0.39 is 39.6 Å². The van der Waals surface area contributed by atoms with Crippen molar-refractivity contribution in [3.05, 3.63) is 35.1 Å². The topological polar surface area (TPSA) is 49.4 Å². The number of likely N-dealkylation sites (tertiary alicyclic amines) is 1. The molecule has 1 saturated heterocycles. The highest BCUT2D eigenvalue weighted by molar-refractivity contribution is 7.90. The third kappa shape index (κ3) is 3.25. The molecular formula is C15H19F3N2O2S. The van der Waals surface area contributed by atoms with E-state index in [0.717, 1.165) is 12.1 Å². The Balaban J connectivity index is 1.91. The minimum Gasteiger partial charge on any atom is -0.295 e. The van der Waals surface area contributed by atoms with Crippen LogP contribution in [0.3, 0.4) is 0 Å². The first-order valence-corrected chi connectivity index (χ1v) is 9.27. The molecule has 2 atom stereocenters. The summed E-state index contributed by atoms with van der Waals surface area (Å²) in [7, 11) is -3.41. The molecular weight excluding hydrogens is 329 g/mol. The molecule has 1 aliphatic carbocycles. The number of likely N-dealkylation sites (N-methyl/N-ethyl adjacent to an activating group) is 1. The monoisotopic (exact) mass is 348 g/mol. The van der Waals surface area contributed by atoms with Crippen LogP contribution in [0, 0.1) is 17.5 Å². The summed E-state index contributed by atoms with van der Waals surface area (Å²) in [6.45, 7) is 3.10. The van der Waals surface area contributed by atoms with Gasteiger partial charge >= 0.3 is 0 Å². The molecule has 0 amide bonds. The van der Waals surface area contributed by atoms with Gasteiger partial charge in [-0.3, -0.25) is 4.90 Å². The molecule has 2 unspecified atom stereocenters. The average Bonchev–Trinajstić information content (AvgIpc) is 3.27. The molecule has 0 bridgehead atoms. The Morgan fingerprint density at radius 2 is 1.78 bits per heavy atom. The second-order valence-corrected chi connectivity index (χ2v) is 8.12. The van der Waals surface area contributed by atoms with E-state index in [1.54, 1.807) is 0 Å². The summed E-state index contributed by atoms with van der Waals surface area (Å²) >= 11 is 0. The lowest BCUT2D eigenvalue weighted by Crippen LogP contribution is -2.41. The molecule has 3 rings (SSSR count). The first kappa shape index (κ1) is 16.7. The van der Waals surface area contributed by atoms with Crippen molar-refractivity contribution in [3.63, 3.8) is 0 Å². The maximum Gasteiger partial charge on any atom is 0.214 e. The number of benzene rings is 1. The fourth-order valence-electron chi connectivity index (χ4n) is 3.21. The van der Waals surface area contributed by atoms with Crippen LogP contribution in [0.15, 0.2) is 12.1 Å². The third-order valence-corrected chi connectivity index (χ3v) is 6.51. The first-order chi connectivity index (χ1) is 10.8. The minimum atomic E-state index is -3.41. The number of rotatable bonds is 5. The summed E-state index contributed by atoms with van der Waals surface area (Å²) in [5, 5.41) is -0.361. The summed E-state index contributed by atoms with van der Waals surface area (Å²) < 4.78 is 67.3. The zero-order valence-corrected chi connectivity index (χ0v) is 13.5. The Labute approximate surface area is 133 Å². The Bertz CT molecular complexity index is 684. The lowest BCUT2D eigenvalue weighted by atomic mass is 10.0. The van der Waals surface area contributed by atoms with Gasteiger partial charge in [0, 0.05) is 12.6 Å². The van der Waals surface area contributed by atoms with Crippen molar-refractivity contribution in [1.82, 2.24) is 9.62 Å². The fourth-order valence-corrected chi connectivity index (χ4v) is 4.83. The van der Waals surface area contributed by atoms with Crippen LogP contribution >= 0.6 is 0 Å². The van der Waals surface area contributed by atoms with E-state index >= 15 is 0 Å². The molecule has 1 saturated carbocycles. The predicted octanol–water partition coefficient (Wildman–Crippen LogP) is 2.32. The predicted molar refractivity (Wildman–Crippen MR) is 79.8 cm³/mol. The Morgan fingerprint density at radius 3 is 2.30 bits per heavy atom. The molecule has 1 aromatic carbocycles. The van der Waals surface area contributed by atoms with Gasteiger partial charge < -0.3 is 0 Å². The van der Waals surface area contributed by atoms with E-state index in [1.807, 2.05) is 11.8 Å². The minimum absolute atomic E-state index is 0.254. The van der Waals surface area contributed by atoms with Gasteiger partial charge in [0.15, 0.2) is 17.5 Å². The summed E-state index contributed by atoms with van der Waals surface area (Å²) in [6.07, 6.45) is 1.83. The molecule has 0 radical (unpaired) electrons. The van der Waals surface area contributed by atoms with Gasteiger partial charge in [0.05, 0.1) is 11.3 Å². The Morgan fingerprint density at radius 1 is 1.17 bits per heavy atom. The van der Waals surface area contributed by atoms with Crippen LogP contribution in [0.4, 0.5) is 13.2 Å². The number of hydrogen-bond donors (Lipinski definition) is 1. The number of nitrogens with zero attached hydrogens (tertiary/aromatic N) is 1. The number of nitrogens with one attached hydrogen (secondary N) is 1. The van der Waals surface area contributed by atoms with Crippen LogP contribution in [0.25, 0.3) is 0 Å². The van der Waals surface area contributed by atoms with Gasteiger partial charge in [-0.25, -0.2) is 26.3 Å². The zero-order chi connectivity index (χ0) is 16.8. The summed E-state index contributed by atoms with van der Waals surface area (Å²) in [6, 6.07) is 0.938. The van der Waals surface area contributed by atoms with Gasteiger partial charge in [-0.05, 0) is 43.5 Å². The van der Waals surface area contributed by atoms with Crippen molar-refractivity contribution in [2.45, 2.75) is 43.5 Å². The van der Waals surface area contributed by atoms with Crippen molar-refractivity contribution < 1.29 is 21.6 Å². The van der Waals surface area contributed by atoms with Crippen molar-refractivity contribution in [1.29, 1.82) is 0 Å². The first-order valence-electron chi connectivity index (χ1n) is 7.73. The molecule has 1 aliphatic heterocycles. The molecule has 128 valence electrons. The second kappa shape index (κ2) is 6.07. The maximum atomic E-state index is 13.6. The molecule has 4 nitrogen and oxygen atoms in total. The maximum absolute atomic E-state index is 13.6. The smallest absolute Gasteiger partial charge is 0.214 e. The van der Waals surface area contributed by atoms with Crippen molar-refractivity contribution in [2.24, 2.45) is 0 Å². The summed E-state index contributed by atoms with van der Waals surface area (Å²) in [4.78, 5) is 1.94. The third-order valence-electron chi connectivity index (χ3n) is 4.53. The largest absolute Gasteiger partial charge is 0.295 e. The Kier molecular flexibility index (Phi) is 4.41. The van der Waals surface area contributed by atoms with E-state index in [0.29, 0.717) is 32.4 Å². The highest BCUT2D eigenvalue weighted by Crippen LogP contribution is 2.35. The highest BCUT2D eigenvalue weighted by Gasteiger charge is 2.42. The molecule has 23 heavy (non-hydrogen) atoms. The van der Waals surface area contributed by atoms with E-state index in [2.05, 4.69) is 4.72 Å². The molecule has 0 aromatic heterocycles. The molecule has 2 fully saturated rings. The molecule has 8 heteroatoms. The van der Waals surface area contributed by atoms with Gasteiger partial charge in [-0.1, -0.05) is 6.92 Å².